The van der Waals surface area contributed by atoms with Crippen molar-refractivity contribution in [2.45, 2.75) is 31.9 Å². The van der Waals surface area contributed by atoms with Gasteiger partial charge in [-0.3, -0.25) is 0 Å². The van der Waals surface area contributed by atoms with Crippen LogP contribution in [0.1, 0.15) is 25.3 Å². The van der Waals surface area contributed by atoms with Crippen LogP contribution < -0.4 is 11.1 Å². The molecule has 0 amide bonds. The third-order valence-electron chi connectivity index (χ3n) is 3.22. The van der Waals surface area contributed by atoms with Gasteiger partial charge in [0.25, 0.3) is 0 Å². The first-order chi connectivity index (χ1) is 8.99. The second-order valence-electron chi connectivity index (χ2n) is 4.66. The Hall–Kier alpha value is -1.27. The number of hydrogen-bond donors (Lipinski definition) is 2. The first-order valence-corrected chi connectivity index (χ1v) is 6.57. The lowest BCUT2D eigenvalue weighted by Gasteiger charge is -2.22. The first kappa shape index (κ1) is 14.1. The van der Waals surface area contributed by atoms with Crippen molar-refractivity contribution in [3.8, 4) is 0 Å². The molecule has 0 spiro atoms. The maximum Gasteiger partial charge on any atom is 0.150 e. The summed E-state index contributed by atoms with van der Waals surface area (Å²) in [5.41, 5.74) is 5.38. The summed E-state index contributed by atoms with van der Waals surface area (Å²) in [6.07, 6.45) is 1.85. The Bertz CT molecular complexity index is 467. The number of nitrogens with two attached hydrogens (primary N) is 1. The lowest BCUT2D eigenvalue weighted by Crippen LogP contribution is -2.31. The molecule has 0 bridgehead atoms. The minimum atomic E-state index is -0.701. The smallest absolute Gasteiger partial charge is 0.150 e. The van der Waals surface area contributed by atoms with Crippen molar-refractivity contribution in [3.05, 3.63) is 29.3 Å². The minimum Gasteiger partial charge on any atom is -0.389 e. The molecule has 0 radical (unpaired) electrons. The van der Waals surface area contributed by atoms with Gasteiger partial charge in [0.1, 0.15) is 22.3 Å². The Morgan fingerprint density at radius 2 is 2.11 bits per heavy atom. The summed E-state index contributed by atoms with van der Waals surface area (Å²) >= 11 is 4.70. The van der Waals surface area contributed by atoms with Crippen molar-refractivity contribution in [2.24, 2.45) is 5.73 Å². The van der Waals surface area contributed by atoms with E-state index < -0.39 is 11.6 Å². The molecule has 19 heavy (non-hydrogen) atoms. The third kappa shape index (κ3) is 3.19. The fourth-order valence-electron chi connectivity index (χ4n) is 2.17. The van der Waals surface area contributed by atoms with E-state index in [1.807, 2.05) is 6.92 Å². The highest BCUT2D eigenvalue weighted by molar-refractivity contribution is 7.80. The summed E-state index contributed by atoms with van der Waals surface area (Å²) in [6.45, 7) is 2.54. The Kier molecular flexibility index (Phi) is 4.31. The number of halogens is 2. The molecular formula is C13H16F2N2OS. The second kappa shape index (κ2) is 5.79. The number of nitrogens with one attached hydrogen (secondary N) is 1. The second-order valence-corrected chi connectivity index (χ2v) is 5.10. The van der Waals surface area contributed by atoms with Gasteiger partial charge in [0.15, 0.2) is 0 Å². The normalized spacial score (nSPS) is 20.3. The van der Waals surface area contributed by atoms with Crippen LogP contribution in [0.2, 0.25) is 0 Å². The number of benzene rings is 1. The molecule has 104 valence electrons. The zero-order chi connectivity index (χ0) is 14.0. The van der Waals surface area contributed by atoms with Crippen LogP contribution >= 0.6 is 12.2 Å². The molecule has 1 aromatic rings. The van der Waals surface area contributed by atoms with Crippen molar-refractivity contribution in [2.75, 3.05) is 11.9 Å². The van der Waals surface area contributed by atoms with E-state index in [9.17, 15) is 8.78 Å². The molecule has 6 heteroatoms. The molecule has 1 aromatic carbocycles. The molecule has 2 rings (SSSR count). The zero-order valence-electron chi connectivity index (χ0n) is 10.6. The van der Waals surface area contributed by atoms with Crippen LogP contribution in [0.25, 0.3) is 0 Å². The SMILES string of the molecule is CC(Nc1c(F)cc(C(N)=S)cc1F)C1CCCO1. The lowest BCUT2D eigenvalue weighted by atomic mass is 10.1. The van der Waals surface area contributed by atoms with E-state index >= 15 is 0 Å². The highest BCUT2D eigenvalue weighted by Crippen LogP contribution is 2.24. The summed E-state index contributed by atoms with van der Waals surface area (Å²) in [5, 5.41) is 2.83. The monoisotopic (exact) mass is 286 g/mol. The van der Waals surface area contributed by atoms with E-state index in [0.717, 1.165) is 25.0 Å². The predicted molar refractivity (Wildman–Crippen MR) is 74.3 cm³/mol. The number of anilines is 1. The predicted octanol–water partition coefficient (Wildman–Crippen LogP) is 2.58. The summed E-state index contributed by atoms with van der Waals surface area (Å²) in [4.78, 5) is -0.0310. The Labute approximate surface area is 116 Å². The number of thiocarbonyl (C=S) groups is 1. The van der Waals surface area contributed by atoms with Crippen LogP contribution in [-0.4, -0.2) is 23.7 Å². The van der Waals surface area contributed by atoms with E-state index in [1.54, 1.807) is 0 Å². The van der Waals surface area contributed by atoms with Crippen molar-refractivity contribution >= 4 is 22.9 Å². The van der Waals surface area contributed by atoms with E-state index in [2.05, 4.69) is 5.32 Å². The average molecular weight is 286 g/mol. The molecule has 3 nitrogen and oxygen atoms in total. The highest BCUT2D eigenvalue weighted by Gasteiger charge is 2.24. The molecule has 1 saturated heterocycles. The standard InChI is InChI=1S/C13H16F2N2OS/c1-7(11-3-2-4-18-11)17-12-9(14)5-8(13(16)19)6-10(12)15/h5-7,11,17H,2-4H2,1H3,(H2,16,19). The zero-order valence-corrected chi connectivity index (χ0v) is 11.4. The van der Waals surface area contributed by atoms with Crippen LogP contribution in [0.4, 0.5) is 14.5 Å². The molecule has 1 heterocycles. The molecule has 1 aliphatic heterocycles. The van der Waals surface area contributed by atoms with Gasteiger partial charge in [-0.15, -0.1) is 0 Å². The minimum absolute atomic E-state index is 0.0194. The van der Waals surface area contributed by atoms with Gasteiger partial charge in [-0.25, -0.2) is 8.78 Å². The quantitative estimate of drug-likeness (QED) is 0.835. The van der Waals surface area contributed by atoms with E-state index in [-0.39, 0.29) is 28.4 Å². The molecule has 1 fully saturated rings. The Morgan fingerprint density at radius 3 is 2.58 bits per heavy atom. The maximum absolute atomic E-state index is 13.9. The van der Waals surface area contributed by atoms with Crippen molar-refractivity contribution < 1.29 is 13.5 Å². The van der Waals surface area contributed by atoms with E-state index in [0.29, 0.717) is 6.61 Å². The molecule has 0 saturated carbocycles. The van der Waals surface area contributed by atoms with Crippen molar-refractivity contribution in [3.63, 3.8) is 0 Å². The average Bonchev–Trinajstić information content (AvgIpc) is 2.86. The Morgan fingerprint density at radius 1 is 1.47 bits per heavy atom. The first-order valence-electron chi connectivity index (χ1n) is 6.16. The molecule has 2 unspecified atom stereocenters. The number of ether oxygens (including phenoxy) is 1. The fourth-order valence-corrected chi connectivity index (χ4v) is 2.29. The van der Waals surface area contributed by atoms with Crippen molar-refractivity contribution in [1.82, 2.24) is 0 Å². The van der Waals surface area contributed by atoms with Gasteiger partial charge >= 0.3 is 0 Å². The number of rotatable bonds is 4. The van der Waals surface area contributed by atoms with Crippen LogP contribution in [-0.2, 0) is 4.74 Å². The van der Waals surface area contributed by atoms with Crippen LogP contribution in [0.15, 0.2) is 12.1 Å². The lowest BCUT2D eigenvalue weighted by molar-refractivity contribution is 0.0995. The number of hydrogen-bond acceptors (Lipinski definition) is 3. The molecule has 0 aliphatic carbocycles. The van der Waals surface area contributed by atoms with Crippen LogP contribution in [0.3, 0.4) is 0 Å². The molecular weight excluding hydrogens is 270 g/mol. The van der Waals surface area contributed by atoms with Crippen LogP contribution in [0, 0.1) is 11.6 Å². The van der Waals surface area contributed by atoms with Gasteiger partial charge in [-0.2, -0.15) is 0 Å². The largest absolute Gasteiger partial charge is 0.389 e. The maximum atomic E-state index is 13.9. The van der Waals surface area contributed by atoms with E-state index in [1.165, 1.54) is 0 Å². The summed E-state index contributed by atoms with van der Waals surface area (Å²) in [5.74, 6) is -1.40. The molecule has 2 atom stereocenters. The molecule has 3 N–H and O–H groups in total. The topological polar surface area (TPSA) is 47.3 Å². The fraction of sp³-hybridized carbons (Fsp3) is 0.462. The van der Waals surface area contributed by atoms with Crippen molar-refractivity contribution in [1.29, 1.82) is 0 Å². The summed E-state index contributed by atoms with van der Waals surface area (Å²) in [7, 11) is 0. The van der Waals surface area contributed by atoms with Gasteiger partial charge in [0.2, 0.25) is 0 Å². The van der Waals surface area contributed by atoms with Gasteiger partial charge in [-0.1, -0.05) is 12.2 Å². The summed E-state index contributed by atoms with van der Waals surface area (Å²) in [6, 6.07) is 2.11. The van der Waals surface area contributed by atoms with Gasteiger partial charge in [-0.05, 0) is 31.9 Å². The summed E-state index contributed by atoms with van der Waals surface area (Å²) < 4.78 is 33.2. The third-order valence-corrected chi connectivity index (χ3v) is 3.46. The van der Waals surface area contributed by atoms with Gasteiger partial charge in [0.05, 0.1) is 6.10 Å². The van der Waals surface area contributed by atoms with Gasteiger partial charge in [0, 0.05) is 18.2 Å². The van der Waals surface area contributed by atoms with E-state index in [4.69, 9.17) is 22.7 Å². The molecule has 1 aliphatic rings. The Balaban J connectivity index is 2.18. The molecule has 0 aromatic heterocycles. The van der Waals surface area contributed by atoms with Crippen LogP contribution in [0.5, 0.6) is 0 Å². The van der Waals surface area contributed by atoms with Gasteiger partial charge < -0.3 is 15.8 Å². The highest BCUT2D eigenvalue weighted by atomic mass is 32.1.